The maximum Gasteiger partial charge on any atom is 0.341 e. The fourth-order valence-corrected chi connectivity index (χ4v) is 3.11. The van der Waals surface area contributed by atoms with Crippen LogP contribution in [0.25, 0.3) is 0 Å². The smallest absolute Gasteiger partial charge is 0.341 e. The van der Waals surface area contributed by atoms with E-state index in [1.165, 1.54) is 6.07 Å². The van der Waals surface area contributed by atoms with Gasteiger partial charge in [0.25, 0.3) is 0 Å². The van der Waals surface area contributed by atoms with Crippen molar-refractivity contribution in [2.24, 2.45) is 0 Å². The molecule has 0 spiro atoms. The van der Waals surface area contributed by atoms with Gasteiger partial charge in [-0.15, -0.1) is 0 Å². The number of methoxy groups -OCH3 is 1. The SMILES string of the molecule is COC(=O)c1cc(OC2O[C@@H](COC(=O)c3cc(O)c(O)c(O)c3)C(O)C(O)C2O)ccc1O. The van der Waals surface area contributed by atoms with Crippen molar-refractivity contribution in [2.75, 3.05) is 13.7 Å². The maximum atomic E-state index is 12.2. The molecule has 0 aliphatic carbocycles. The Balaban J connectivity index is 1.71. The summed E-state index contributed by atoms with van der Waals surface area (Å²) in [4.78, 5) is 23.9. The van der Waals surface area contributed by atoms with Crippen LogP contribution >= 0.6 is 0 Å². The summed E-state index contributed by atoms with van der Waals surface area (Å²) in [6.45, 7) is -0.644. The predicted octanol–water partition coefficient (Wildman–Crippen LogP) is -0.661. The number of phenols is 4. The molecule has 7 N–H and O–H groups in total. The molecule has 0 bridgehead atoms. The third-order valence-electron chi connectivity index (χ3n) is 4.98. The number of esters is 2. The standard InChI is InChI=1S/C21H22O13/c1-31-20(30)10-6-9(2-3-11(10)22)33-21-18(28)17(27)16(26)14(34-21)7-32-19(29)8-4-12(23)15(25)13(24)5-8/h2-6,14,16-18,21-28H,7H2,1H3/t14-,16?,17?,18?,21?/m0/s1. The number of aliphatic hydroxyl groups is 3. The lowest BCUT2D eigenvalue weighted by atomic mass is 9.99. The van der Waals surface area contributed by atoms with Crippen LogP contribution in [0.2, 0.25) is 0 Å². The second-order valence-electron chi connectivity index (χ2n) is 7.26. The van der Waals surface area contributed by atoms with Crippen LogP contribution in [0, 0.1) is 0 Å². The van der Waals surface area contributed by atoms with E-state index in [1.54, 1.807) is 0 Å². The van der Waals surface area contributed by atoms with Crippen molar-refractivity contribution in [3.05, 3.63) is 41.5 Å². The van der Waals surface area contributed by atoms with Crippen molar-refractivity contribution < 1.29 is 64.3 Å². The van der Waals surface area contributed by atoms with Gasteiger partial charge in [-0.2, -0.15) is 0 Å². The van der Waals surface area contributed by atoms with Gasteiger partial charge >= 0.3 is 11.9 Å². The van der Waals surface area contributed by atoms with Crippen molar-refractivity contribution >= 4 is 11.9 Å². The second kappa shape index (κ2) is 10.0. The maximum absolute atomic E-state index is 12.2. The molecule has 13 heteroatoms. The third kappa shape index (κ3) is 5.07. The Morgan fingerprint density at radius 1 is 0.882 bits per heavy atom. The second-order valence-corrected chi connectivity index (χ2v) is 7.26. The summed E-state index contributed by atoms with van der Waals surface area (Å²) in [6, 6.07) is 5.15. The van der Waals surface area contributed by atoms with Crippen molar-refractivity contribution in [3.63, 3.8) is 0 Å². The van der Waals surface area contributed by atoms with Gasteiger partial charge in [0.05, 0.1) is 12.7 Å². The summed E-state index contributed by atoms with van der Waals surface area (Å²) >= 11 is 0. The van der Waals surface area contributed by atoms with Crippen LogP contribution in [-0.4, -0.2) is 92.1 Å². The first kappa shape index (κ1) is 24.9. The summed E-state index contributed by atoms with van der Waals surface area (Å²) in [5.74, 6) is -4.75. The van der Waals surface area contributed by atoms with Crippen molar-refractivity contribution in [3.8, 4) is 28.7 Å². The molecule has 184 valence electrons. The molecule has 1 aliphatic heterocycles. The van der Waals surface area contributed by atoms with Crippen LogP contribution in [0.4, 0.5) is 0 Å². The van der Waals surface area contributed by atoms with Gasteiger partial charge in [-0.1, -0.05) is 0 Å². The molecule has 34 heavy (non-hydrogen) atoms. The Kier molecular flexibility index (Phi) is 7.32. The minimum atomic E-state index is -1.78. The molecule has 0 saturated carbocycles. The molecule has 0 aromatic heterocycles. The van der Waals surface area contributed by atoms with Gasteiger partial charge in [0.2, 0.25) is 6.29 Å². The van der Waals surface area contributed by atoms with Crippen LogP contribution in [0.5, 0.6) is 28.7 Å². The Bertz CT molecular complexity index is 1050. The molecule has 1 heterocycles. The van der Waals surface area contributed by atoms with Crippen molar-refractivity contribution in [2.45, 2.75) is 30.7 Å². The molecule has 5 atom stereocenters. The number of carbonyl (C=O) groups is 2. The fraction of sp³-hybridized carbons (Fsp3) is 0.333. The van der Waals surface area contributed by atoms with E-state index < -0.39 is 72.2 Å². The molecular weight excluding hydrogens is 460 g/mol. The van der Waals surface area contributed by atoms with E-state index in [0.717, 1.165) is 31.4 Å². The average molecular weight is 482 g/mol. The van der Waals surface area contributed by atoms with Crippen LogP contribution in [0.15, 0.2) is 30.3 Å². The highest BCUT2D eigenvalue weighted by atomic mass is 16.7. The largest absolute Gasteiger partial charge is 0.507 e. The minimum Gasteiger partial charge on any atom is -0.507 e. The lowest BCUT2D eigenvalue weighted by molar-refractivity contribution is -0.277. The normalized spacial score (nSPS) is 24.3. The van der Waals surface area contributed by atoms with Crippen molar-refractivity contribution in [1.82, 2.24) is 0 Å². The summed E-state index contributed by atoms with van der Waals surface area (Å²) in [5, 5.41) is 68.7. The minimum absolute atomic E-state index is 0.0587. The molecule has 4 unspecified atom stereocenters. The molecular formula is C21H22O13. The number of carbonyl (C=O) groups excluding carboxylic acids is 2. The molecule has 0 radical (unpaired) electrons. The zero-order valence-corrected chi connectivity index (χ0v) is 17.6. The van der Waals surface area contributed by atoms with Gasteiger partial charge in [-0.05, 0) is 30.3 Å². The number of hydrogen-bond donors (Lipinski definition) is 7. The highest BCUT2D eigenvalue weighted by Crippen LogP contribution is 2.35. The van der Waals surface area contributed by atoms with Gasteiger partial charge in [0.1, 0.15) is 48.1 Å². The Labute approximate surface area is 191 Å². The highest BCUT2D eigenvalue weighted by Gasteiger charge is 2.45. The Hall–Kier alpha value is -3.78. The van der Waals surface area contributed by atoms with Crippen LogP contribution in [-0.2, 0) is 14.2 Å². The molecule has 3 rings (SSSR count). The number of benzene rings is 2. The first-order chi connectivity index (χ1) is 16.0. The summed E-state index contributed by atoms with van der Waals surface area (Å²) in [6.07, 6.45) is -8.19. The zero-order chi connectivity index (χ0) is 25.2. The van der Waals surface area contributed by atoms with Crippen LogP contribution < -0.4 is 4.74 Å². The summed E-state index contributed by atoms with van der Waals surface area (Å²) < 4.78 is 20.4. The molecule has 0 amide bonds. The topological polar surface area (TPSA) is 213 Å². The molecule has 1 saturated heterocycles. The first-order valence-electron chi connectivity index (χ1n) is 9.73. The van der Waals surface area contributed by atoms with Gasteiger partial charge < -0.3 is 54.7 Å². The number of hydrogen-bond acceptors (Lipinski definition) is 13. The van der Waals surface area contributed by atoms with E-state index in [-0.39, 0.29) is 16.9 Å². The summed E-state index contributed by atoms with van der Waals surface area (Å²) in [5.41, 5.74) is -0.567. The van der Waals surface area contributed by atoms with E-state index in [9.17, 15) is 45.3 Å². The monoisotopic (exact) mass is 482 g/mol. The van der Waals surface area contributed by atoms with Crippen molar-refractivity contribution in [1.29, 1.82) is 0 Å². The summed E-state index contributed by atoms with van der Waals surface area (Å²) in [7, 11) is 1.10. The van der Waals surface area contributed by atoms with Gasteiger partial charge in [0.15, 0.2) is 17.2 Å². The van der Waals surface area contributed by atoms with Gasteiger partial charge in [-0.25, -0.2) is 9.59 Å². The van der Waals surface area contributed by atoms with Crippen LogP contribution in [0.3, 0.4) is 0 Å². The van der Waals surface area contributed by atoms with Gasteiger partial charge in [-0.3, -0.25) is 0 Å². The molecule has 13 nitrogen and oxygen atoms in total. The van der Waals surface area contributed by atoms with Gasteiger partial charge in [0, 0.05) is 0 Å². The number of aromatic hydroxyl groups is 4. The average Bonchev–Trinajstić information content (AvgIpc) is 2.82. The van der Waals surface area contributed by atoms with Crippen LogP contribution in [0.1, 0.15) is 20.7 Å². The number of phenolic OH excluding ortho intramolecular Hbond substituents is 4. The third-order valence-corrected chi connectivity index (χ3v) is 4.98. The lowest BCUT2D eigenvalue weighted by Crippen LogP contribution is -2.60. The van der Waals surface area contributed by atoms with E-state index in [2.05, 4.69) is 4.74 Å². The van der Waals surface area contributed by atoms with E-state index >= 15 is 0 Å². The molecule has 2 aromatic rings. The number of ether oxygens (including phenoxy) is 4. The Morgan fingerprint density at radius 3 is 2.15 bits per heavy atom. The Morgan fingerprint density at radius 2 is 1.53 bits per heavy atom. The molecule has 1 aliphatic rings. The quantitative estimate of drug-likeness (QED) is 0.201. The zero-order valence-electron chi connectivity index (χ0n) is 17.6. The predicted molar refractivity (Wildman–Crippen MR) is 108 cm³/mol. The van der Waals surface area contributed by atoms with E-state index in [4.69, 9.17) is 14.2 Å². The first-order valence-corrected chi connectivity index (χ1v) is 9.73. The van der Waals surface area contributed by atoms with E-state index in [0.29, 0.717) is 0 Å². The number of rotatable bonds is 6. The van der Waals surface area contributed by atoms with E-state index in [1.807, 2.05) is 0 Å². The molecule has 1 fully saturated rings. The fourth-order valence-electron chi connectivity index (χ4n) is 3.11. The highest BCUT2D eigenvalue weighted by molar-refractivity contribution is 5.92. The number of aliphatic hydroxyl groups excluding tert-OH is 3. The molecule has 2 aromatic carbocycles. The lowest BCUT2D eigenvalue weighted by Gasteiger charge is -2.39.